The molecule has 0 radical (unpaired) electrons. The third-order valence-electron chi connectivity index (χ3n) is 4.36. The lowest BCUT2D eigenvalue weighted by Gasteiger charge is -2.42. The second-order valence-corrected chi connectivity index (χ2v) is 13.8. The highest BCUT2D eigenvalue weighted by atomic mass is 32.2. The maximum absolute atomic E-state index is 11.4. The van der Waals surface area contributed by atoms with Crippen LogP contribution in [-0.2, 0) is 23.5 Å². The van der Waals surface area contributed by atoms with Crippen LogP contribution in [0, 0.1) is 0 Å². The molecule has 1 saturated heterocycles. The predicted molar refractivity (Wildman–Crippen MR) is 85.8 cm³/mol. The minimum atomic E-state index is -3.89. The normalized spacial score (nSPS) is 33.7. The zero-order valence-corrected chi connectivity index (χ0v) is 16.2. The Morgan fingerprint density at radius 3 is 2.09 bits per heavy atom. The van der Waals surface area contributed by atoms with Gasteiger partial charge in [0, 0.05) is 0 Å². The SMILES string of the molecule is CC(C)(C)[Si](C)(C)OC[C@H]1O[C@H](O)[C@H](O)[C@@H](O)[C@H]1OS(C)(=O)=O. The molecule has 0 amide bonds. The van der Waals surface area contributed by atoms with Crippen molar-refractivity contribution < 1.29 is 37.1 Å². The van der Waals surface area contributed by atoms with E-state index in [0.717, 1.165) is 6.26 Å². The van der Waals surface area contributed by atoms with Crippen molar-refractivity contribution in [3.63, 3.8) is 0 Å². The lowest BCUT2D eigenvalue weighted by Crippen LogP contribution is -2.60. The molecule has 138 valence electrons. The molecule has 0 spiro atoms. The van der Waals surface area contributed by atoms with E-state index in [9.17, 15) is 23.7 Å². The van der Waals surface area contributed by atoms with Crippen LogP contribution in [0.5, 0.6) is 0 Å². The Kier molecular flexibility index (Phi) is 6.42. The number of hydrogen-bond acceptors (Lipinski definition) is 8. The fourth-order valence-electron chi connectivity index (χ4n) is 1.88. The van der Waals surface area contributed by atoms with Crippen molar-refractivity contribution in [2.24, 2.45) is 0 Å². The van der Waals surface area contributed by atoms with Gasteiger partial charge in [-0.1, -0.05) is 20.8 Å². The number of aliphatic hydroxyl groups excluding tert-OH is 3. The van der Waals surface area contributed by atoms with Gasteiger partial charge in [-0.15, -0.1) is 0 Å². The third-order valence-corrected chi connectivity index (χ3v) is 9.43. The fourth-order valence-corrected chi connectivity index (χ4v) is 3.54. The van der Waals surface area contributed by atoms with E-state index in [1.807, 2.05) is 33.9 Å². The van der Waals surface area contributed by atoms with Gasteiger partial charge < -0.3 is 24.5 Å². The molecule has 1 aliphatic heterocycles. The Morgan fingerprint density at radius 2 is 1.65 bits per heavy atom. The minimum Gasteiger partial charge on any atom is -0.414 e. The molecule has 23 heavy (non-hydrogen) atoms. The van der Waals surface area contributed by atoms with E-state index in [-0.39, 0.29) is 11.6 Å². The molecular weight excluding hydrogens is 344 g/mol. The lowest BCUT2D eigenvalue weighted by atomic mass is 9.99. The molecule has 5 atom stereocenters. The van der Waals surface area contributed by atoms with Crippen molar-refractivity contribution in [3.8, 4) is 0 Å². The summed E-state index contributed by atoms with van der Waals surface area (Å²) in [4.78, 5) is 0. The van der Waals surface area contributed by atoms with Crippen LogP contribution in [0.2, 0.25) is 18.1 Å². The van der Waals surface area contributed by atoms with Crippen molar-refractivity contribution in [1.29, 1.82) is 0 Å². The number of hydrogen-bond donors (Lipinski definition) is 3. The molecular formula is C13H28O8SSi. The Labute approximate surface area is 138 Å². The molecule has 0 aliphatic carbocycles. The average molecular weight is 373 g/mol. The molecule has 3 N–H and O–H groups in total. The van der Waals surface area contributed by atoms with E-state index in [4.69, 9.17) is 13.3 Å². The van der Waals surface area contributed by atoms with Crippen molar-refractivity contribution in [2.45, 2.75) is 69.6 Å². The second kappa shape index (κ2) is 7.04. The van der Waals surface area contributed by atoms with Crippen LogP contribution >= 0.6 is 0 Å². The Balaban J connectivity index is 2.91. The van der Waals surface area contributed by atoms with Gasteiger partial charge in [-0.05, 0) is 18.1 Å². The monoisotopic (exact) mass is 372 g/mol. The average Bonchev–Trinajstić information content (AvgIpc) is 2.35. The number of aliphatic hydroxyl groups is 3. The number of ether oxygens (including phenoxy) is 1. The predicted octanol–water partition coefficient (Wildman–Crippen LogP) is -0.208. The molecule has 0 bridgehead atoms. The molecule has 10 heteroatoms. The Morgan fingerprint density at radius 1 is 1.13 bits per heavy atom. The highest BCUT2D eigenvalue weighted by molar-refractivity contribution is 7.86. The molecule has 1 heterocycles. The molecule has 8 nitrogen and oxygen atoms in total. The van der Waals surface area contributed by atoms with Gasteiger partial charge in [-0.25, -0.2) is 0 Å². The molecule has 1 fully saturated rings. The van der Waals surface area contributed by atoms with Gasteiger partial charge in [0.15, 0.2) is 14.6 Å². The van der Waals surface area contributed by atoms with Gasteiger partial charge in [0.25, 0.3) is 10.1 Å². The van der Waals surface area contributed by atoms with E-state index in [1.165, 1.54) is 0 Å². The molecule has 0 aromatic carbocycles. The van der Waals surface area contributed by atoms with Gasteiger partial charge in [0.1, 0.15) is 24.4 Å². The van der Waals surface area contributed by atoms with E-state index < -0.39 is 49.1 Å². The van der Waals surface area contributed by atoms with E-state index in [2.05, 4.69) is 0 Å². The van der Waals surface area contributed by atoms with Crippen molar-refractivity contribution in [1.82, 2.24) is 0 Å². The minimum absolute atomic E-state index is 0.0580. The quantitative estimate of drug-likeness (QED) is 0.448. The van der Waals surface area contributed by atoms with Crippen molar-refractivity contribution in [3.05, 3.63) is 0 Å². The van der Waals surface area contributed by atoms with Crippen LogP contribution < -0.4 is 0 Å². The summed E-state index contributed by atoms with van der Waals surface area (Å²) in [6.45, 7) is 10.1. The van der Waals surface area contributed by atoms with Gasteiger partial charge in [0.05, 0.1) is 12.9 Å². The molecule has 0 aromatic rings. The zero-order valence-electron chi connectivity index (χ0n) is 14.4. The second-order valence-electron chi connectivity index (χ2n) is 7.38. The first-order chi connectivity index (χ1) is 10.2. The summed E-state index contributed by atoms with van der Waals surface area (Å²) in [5.41, 5.74) is 0. The van der Waals surface area contributed by atoms with Crippen LogP contribution in [0.25, 0.3) is 0 Å². The standard InChI is InChI=1S/C13H28O8SSi/c1-13(2,3)23(5,6)19-7-8-11(21-22(4,17)18)9(14)10(15)12(16)20-8/h8-12,14-16H,7H2,1-6H3/t8-,9-,10-,11+,12+/m1/s1. The molecule has 0 unspecified atom stereocenters. The van der Waals surface area contributed by atoms with Crippen LogP contribution in [0.4, 0.5) is 0 Å². The number of rotatable bonds is 5. The summed E-state index contributed by atoms with van der Waals surface area (Å²) in [7, 11) is -6.04. The van der Waals surface area contributed by atoms with Crippen LogP contribution in [0.1, 0.15) is 20.8 Å². The molecule has 1 aliphatic rings. The van der Waals surface area contributed by atoms with Crippen molar-refractivity contribution >= 4 is 18.4 Å². The van der Waals surface area contributed by atoms with Gasteiger partial charge in [0.2, 0.25) is 0 Å². The van der Waals surface area contributed by atoms with E-state index in [0.29, 0.717) is 0 Å². The van der Waals surface area contributed by atoms with E-state index in [1.54, 1.807) is 0 Å². The summed E-state index contributed by atoms with van der Waals surface area (Å²) >= 11 is 0. The molecule has 0 aromatic heterocycles. The summed E-state index contributed by atoms with van der Waals surface area (Å²) in [5, 5.41) is 29.2. The maximum Gasteiger partial charge on any atom is 0.264 e. The molecule has 0 saturated carbocycles. The topological polar surface area (TPSA) is 123 Å². The summed E-state index contributed by atoms with van der Waals surface area (Å²) in [6.07, 6.45) is -6.45. The summed E-state index contributed by atoms with van der Waals surface area (Å²) in [6, 6.07) is 0. The first-order valence-corrected chi connectivity index (χ1v) is 12.1. The zero-order chi connectivity index (χ0) is 18.2. The van der Waals surface area contributed by atoms with Gasteiger partial charge in [-0.3, -0.25) is 4.18 Å². The lowest BCUT2D eigenvalue weighted by molar-refractivity contribution is -0.280. The first-order valence-electron chi connectivity index (χ1n) is 7.37. The summed E-state index contributed by atoms with van der Waals surface area (Å²) < 4.78 is 38.7. The molecule has 1 rings (SSSR count). The van der Waals surface area contributed by atoms with Crippen molar-refractivity contribution in [2.75, 3.05) is 12.9 Å². The first kappa shape index (κ1) is 21.0. The Hall–Kier alpha value is -0.0731. The summed E-state index contributed by atoms with van der Waals surface area (Å²) in [5.74, 6) is 0. The largest absolute Gasteiger partial charge is 0.414 e. The Bertz CT molecular complexity index is 501. The van der Waals surface area contributed by atoms with Gasteiger partial charge >= 0.3 is 0 Å². The smallest absolute Gasteiger partial charge is 0.264 e. The highest BCUT2D eigenvalue weighted by Gasteiger charge is 2.47. The van der Waals surface area contributed by atoms with Crippen LogP contribution in [0.15, 0.2) is 0 Å². The van der Waals surface area contributed by atoms with Gasteiger partial charge in [-0.2, -0.15) is 8.42 Å². The maximum atomic E-state index is 11.4. The fraction of sp³-hybridized carbons (Fsp3) is 1.00. The highest BCUT2D eigenvalue weighted by Crippen LogP contribution is 2.37. The van der Waals surface area contributed by atoms with Crippen LogP contribution in [-0.4, -0.2) is 75.6 Å². The van der Waals surface area contributed by atoms with E-state index >= 15 is 0 Å². The van der Waals surface area contributed by atoms with Crippen LogP contribution in [0.3, 0.4) is 0 Å². The third kappa shape index (κ3) is 5.46.